The van der Waals surface area contributed by atoms with Gasteiger partial charge < -0.3 is 5.32 Å². The van der Waals surface area contributed by atoms with Gasteiger partial charge in [-0.3, -0.25) is 14.5 Å². The molecule has 3 atom stereocenters. The van der Waals surface area contributed by atoms with Gasteiger partial charge in [-0.1, -0.05) is 16.8 Å². The first kappa shape index (κ1) is 22.4. The minimum Gasteiger partial charge on any atom is -0.348 e. The van der Waals surface area contributed by atoms with Gasteiger partial charge in [-0.2, -0.15) is 5.26 Å². The fourth-order valence-corrected chi connectivity index (χ4v) is 5.57. The number of nitriles is 1. The van der Waals surface area contributed by atoms with Crippen LogP contribution in [0.3, 0.4) is 0 Å². The van der Waals surface area contributed by atoms with Crippen molar-refractivity contribution in [2.45, 2.75) is 51.1 Å². The van der Waals surface area contributed by atoms with Gasteiger partial charge in [0.15, 0.2) is 5.69 Å². The number of fused-ring (bicyclic) bond motifs is 1. The molecule has 1 aliphatic heterocycles. The molecule has 3 heterocycles. The molecule has 0 bridgehead atoms. The highest BCUT2D eigenvalue weighted by atomic mass is 35.5. The number of carbonyl (C=O) groups is 2. The van der Waals surface area contributed by atoms with Crippen LogP contribution in [0.1, 0.15) is 72.3 Å². The van der Waals surface area contributed by atoms with Crippen LogP contribution in [0.15, 0.2) is 36.7 Å². The van der Waals surface area contributed by atoms with Gasteiger partial charge in [-0.25, -0.2) is 9.67 Å². The van der Waals surface area contributed by atoms with Gasteiger partial charge in [0.05, 0.1) is 25.2 Å². The first-order chi connectivity index (χ1) is 18.2. The lowest BCUT2D eigenvalue weighted by Gasteiger charge is -2.36. The summed E-state index contributed by atoms with van der Waals surface area (Å²) in [4.78, 5) is 31.6. The zero-order chi connectivity index (χ0) is 26.8. The Kier molecular flexibility index (Phi) is 5.43. The highest BCUT2D eigenvalue weighted by Gasteiger charge is 2.52. The normalized spacial score (nSPS) is 27.1. The summed E-state index contributed by atoms with van der Waals surface area (Å²) in [6.45, 7) is 4.65. The van der Waals surface area contributed by atoms with E-state index in [1.54, 1.807) is 40.2 Å². The third kappa shape index (κ3) is 4.25. The zero-order valence-corrected chi connectivity index (χ0v) is 21.2. The number of aromatic nitrogens is 4. The number of benzene rings is 1. The molecule has 10 heteroatoms. The van der Waals surface area contributed by atoms with Crippen molar-refractivity contribution in [1.29, 1.82) is 5.26 Å². The third-order valence-electron chi connectivity index (χ3n) is 7.78. The Morgan fingerprint density at radius 1 is 1.32 bits per heavy atom. The molecule has 3 fully saturated rings. The Labute approximate surface area is 220 Å². The topological polar surface area (TPSA) is 117 Å². The molecule has 2 amide bonds. The minimum absolute atomic E-state index is 0.0306. The van der Waals surface area contributed by atoms with Crippen LogP contribution >= 0.6 is 11.6 Å². The second-order valence-electron chi connectivity index (χ2n) is 10.2. The van der Waals surface area contributed by atoms with E-state index in [1.165, 1.54) is 0 Å². The van der Waals surface area contributed by atoms with Crippen molar-refractivity contribution < 1.29 is 11.0 Å². The number of carbonyl (C=O) groups excluding carboxylic acids is 2. The van der Waals surface area contributed by atoms with Crippen LogP contribution in [-0.4, -0.2) is 44.4 Å². The molecule has 1 aromatic carbocycles. The number of anilines is 1. The fraction of sp³-hybridized carbons (Fsp3) is 0.407. The molecule has 2 aromatic heterocycles. The predicted molar refractivity (Wildman–Crippen MR) is 136 cm³/mol. The molecule has 1 saturated heterocycles. The molecule has 188 valence electrons. The van der Waals surface area contributed by atoms with Gasteiger partial charge in [0.25, 0.3) is 5.91 Å². The summed E-state index contributed by atoms with van der Waals surface area (Å²) in [6.07, 6.45) is 5.06. The zero-order valence-electron chi connectivity index (χ0n) is 21.5. The summed E-state index contributed by atoms with van der Waals surface area (Å²) in [5.41, 5.74) is 3.34. The van der Waals surface area contributed by atoms with Crippen molar-refractivity contribution in [3.8, 4) is 6.07 Å². The van der Waals surface area contributed by atoms with Crippen molar-refractivity contribution >= 4 is 29.2 Å². The maximum atomic E-state index is 12.9. The lowest BCUT2D eigenvalue weighted by atomic mass is 9.74. The maximum absolute atomic E-state index is 12.9. The van der Waals surface area contributed by atoms with Crippen molar-refractivity contribution in [1.82, 2.24) is 25.3 Å². The van der Waals surface area contributed by atoms with Gasteiger partial charge in [-0.15, -0.1) is 5.10 Å². The minimum atomic E-state index is -1.16. The second kappa shape index (κ2) is 8.96. The summed E-state index contributed by atoms with van der Waals surface area (Å²) in [5.74, 6) is 0.988. The number of nitrogens with one attached hydrogen (secondary N) is 1. The van der Waals surface area contributed by atoms with Crippen molar-refractivity contribution in [3.63, 3.8) is 0 Å². The first-order valence-corrected chi connectivity index (χ1v) is 12.8. The highest BCUT2D eigenvalue weighted by Crippen LogP contribution is 2.47. The lowest BCUT2D eigenvalue weighted by Crippen LogP contribution is -2.43. The predicted octanol–water partition coefficient (Wildman–Crippen LogP) is 3.77. The quantitative estimate of drug-likeness (QED) is 0.533. The molecule has 9 nitrogen and oxygen atoms in total. The number of amides is 2. The van der Waals surface area contributed by atoms with E-state index in [1.807, 2.05) is 19.9 Å². The number of hydrogen-bond donors (Lipinski definition) is 1. The average Bonchev–Trinajstić information content (AvgIpc) is 3.33. The second-order valence-corrected chi connectivity index (χ2v) is 10.7. The Morgan fingerprint density at radius 3 is 2.84 bits per heavy atom. The van der Waals surface area contributed by atoms with Crippen molar-refractivity contribution in [3.05, 3.63) is 69.6 Å². The molecule has 2 saturated carbocycles. The lowest BCUT2D eigenvalue weighted by molar-refractivity contribution is -0.118. The summed E-state index contributed by atoms with van der Waals surface area (Å²) in [5, 5.41) is 20.9. The van der Waals surface area contributed by atoms with E-state index in [9.17, 15) is 14.9 Å². The number of aryl methyl sites for hydroxylation is 1. The molecule has 6 rings (SSSR count). The van der Waals surface area contributed by atoms with Crippen LogP contribution in [0, 0.1) is 30.1 Å². The summed E-state index contributed by atoms with van der Waals surface area (Å²) in [6, 6.07) is 7.81. The largest absolute Gasteiger partial charge is 0.348 e. The van der Waals surface area contributed by atoms with Crippen LogP contribution in [0.25, 0.3) is 0 Å². The van der Waals surface area contributed by atoms with Crippen LogP contribution in [0.5, 0.6) is 0 Å². The maximum Gasteiger partial charge on any atom is 0.273 e. The molecule has 0 radical (unpaired) electrons. The SMILES string of the molecule is [2H]C1(NC(=O)c2cn([C@@H](C)c3cnc(N4C[C@H]5C[C@H]5C4=O)cc3C)nn2)CC(c2cc(Cl)ccc2C#N)C1. The number of rotatable bonds is 6. The van der Waals surface area contributed by atoms with E-state index in [2.05, 4.69) is 26.7 Å². The van der Waals surface area contributed by atoms with Gasteiger partial charge in [0, 0.05) is 29.7 Å². The van der Waals surface area contributed by atoms with E-state index in [4.69, 9.17) is 13.0 Å². The van der Waals surface area contributed by atoms with Gasteiger partial charge >= 0.3 is 0 Å². The van der Waals surface area contributed by atoms with Gasteiger partial charge in [-0.05, 0) is 85.9 Å². The van der Waals surface area contributed by atoms with Crippen LogP contribution in [0.2, 0.25) is 5.02 Å². The molecule has 0 unspecified atom stereocenters. The number of nitrogens with zero attached hydrogens (tertiary/aromatic N) is 6. The Morgan fingerprint density at radius 2 is 2.14 bits per heavy atom. The number of halogens is 1. The average molecular weight is 517 g/mol. The summed E-state index contributed by atoms with van der Waals surface area (Å²) in [7, 11) is 0. The van der Waals surface area contributed by atoms with Gasteiger partial charge in [0.1, 0.15) is 5.82 Å². The van der Waals surface area contributed by atoms with E-state index in [0.29, 0.717) is 35.2 Å². The first-order valence-electron chi connectivity index (χ1n) is 12.9. The molecule has 37 heavy (non-hydrogen) atoms. The van der Waals surface area contributed by atoms with E-state index in [0.717, 1.165) is 29.7 Å². The van der Waals surface area contributed by atoms with Crippen LogP contribution < -0.4 is 10.2 Å². The monoisotopic (exact) mass is 516 g/mol. The Balaban J connectivity index is 1.11. The highest BCUT2D eigenvalue weighted by molar-refractivity contribution is 6.30. The Hall–Kier alpha value is -3.77. The smallest absolute Gasteiger partial charge is 0.273 e. The summed E-state index contributed by atoms with van der Waals surface area (Å²) >= 11 is 6.10. The molecular formula is C27H26ClN7O2. The van der Waals surface area contributed by atoms with Gasteiger partial charge in [0.2, 0.25) is 5.91 Å². The Bertz CT molecular complexity index is 1510. The molecule has 2 aliphatic carbocycles. The van der Waals surface area contributed by atoms with E-state index >= 15 is 0 Å². The van der Waals surface area contributed by atoms with Crippen LogP contribution in [-0.2, 0) is 4.79 Å². The van der Waals surface area contributed by atoms with Crippen molar-refractivity contribution in [2.24, 2.45) is 11.8 Å². The molecular weight excluding hydrogens is 490 g/mol. The molecule has 3 aliphatic rings. The standard InChI is InChI=1S/C27H26ClN7O2/c1-14-5-25(34-12-18-8-22(18)27(34)37)30-11-23(14)15(2)35-13-24(32-33-35)26(36)31-20-6-17(7-20)21-9-19(28)4-3-16(21)10-29/h3-5,9,11,13,15,17-18,20,22H,6-8,12H2,1-2H3,(H,31,36)/t15-,17?,18+,20?,22+/m0/s1/i20D. The third-order valence-corrected chi connectivity index (χ3v) is 8.01. The van der Waals surface area contributed by atoms with E-state index < -0.39 is 11.9 Å². The molecule has 1 N–H and O–H groups in total. The van der Waals surface area contributed by atoms with Crippen LogP contribution in [0.4, 0.5) is 5.82 Å². The summed E-state index contributed by atoms with van der Waals surface area (Å²) < 4.78 is 10.2. The number of pyridine rings is 1. The fourth-order valence-electron chi connectivity index (χ4n) is 5.39. The number of hydrogen-bond acceptors (Lipinski definition) is 6. The van der Waals surface area contributed by atoms with E-state index in [-0.39, 0.29) is 29.5 Å². The van der Waals surface area contributed by atoms with Crippen molar-refractivity contribution in [2.75, 3.05) is 11.4 Å². The molecule has 3 aromatic rings. The number of piperidine rings is 1. The molecule has 0 spiro atoms.